The summed E-state index contributed by atoms with van der Waals surface area (Å²) in [6, 6.07) is 12.2. The number of pyridine rings is 1. The van der Waals surface area contributed by atoms with E-state index in [1.807, 2.05) is 49.6 Å². The number of nitriles is 1. The highest BCUT2D eigenvalue weighted by atomic mass is 32.2. The monoisotopic (exact) mass is 381 g/mol. The molecule has 26 heavy (non-hydrogen) atoms. The van der Waals surface area contributed by atoms with Gasteiger partial charge in [0.2, 0.25) is 0 Å². The summed E-state index contributed by atoms with van der Waals surface area (Å²) in [6.45, 7) is 6.41. The second kappa shape index (κ2) is 8.35. The SMILES string of the molecule is Cc1ccc(OCc2nc(CSc3nc(C)cc(C)c3C#N)cs2)cc1. The molecule has 0 N–H and O–H groups in total. The number of rotatable bonds is 6. The third-order valence-electron chi connectivity index (χ3n) is 3.76. The molecule has 6 heteroatoms. The topological polar surface area (TPSA) is 58.8 Å². The molecular weight excluding hydrogens is 362 g/mol. The fourth-order valence-electron chi connectivity index (χ4n) is 2.45. The first-order valence-electron chi connectivity index (χ1n) is 8.19. The summed E-state index contributed by atoms with van der Waals surface area (Å²) in [5.74, 6) is 1.53. The Hall–Kier alpha value is -2.36. The van der Waals surface area contributed by atoms with Crippen LogP contribution in [0.5, 0.6) is 5.75 Å². The van der Waals surface area contributed by atoms with Crippen molar-refractivity contribution in [2.45, 2.75) is 38.2 Å². The lowest BCUT2D eigenvalue weighted by Gasteiger charge is -2.06. The minimum atomic E-state index is 0.462. The summed E-state index contributed by atoms with van der Waals surface area (Å²) < 4.78 is 5.78. The van der Waals surface area contributed by atoms with Crippen LogP contribution in [0, 0.1) is 32.1 Å². The largest absolute Gasteiger partial charge is 0.486 e. The van der Waals surface area contributed by atoms with E-state index in [0.29, 0.717) is 17.9 Å². The van der Waals surface area contributed by atoms with Crippen molar-refractivity contribution in [2.75, 3.05) is 0 Å². The number of aryl methyl sites for hydroxylation is 3. The number of thiazole rings is 1. The lowest BCUT2D eigenvalue weighted by Crippen LogP contribution is -1.96. The first kappa shape index (κ1) is 18.4. The van der Waals surface area contributed by atoms with Crippen molar-refractivity contribution < 1.29 is 4.74 Å². The van der Waals surface area contributed by atoms with Crippen LogP contribution >= 0.6 is 23.1 Å². The van der Waals surface area contributed by atoms with Crippen molar-refractivity contribution in [1.82, 2.24) is 9.97 Å². The molecule has 0 aliphatic rings. The Morgan fingerprint density at radius 2 is 1.92 bits per heavy atom. The van der Waals surface area contributed by atoms with Gasteiger partial charge in [-0.2, -0.15) is 5.26 Å². The first-order valence-corrected chi connectivity index (χ1v) is 10.1. The third kappa shape index (κ3) is 4.63. The van der Waals surface area contributed by atoms with Gasteiger partial charge in [0.15, 0.2) is 0 Å². The van der Waals surface area contributed by atoms with E-state index in [2.05, 4.69) is 23.0 Å². The lowest BCUT2D eigenvalue weighted by molar-refractivity contribution is 0.305. The van der Waals surface area contributed by atoms with Crippen LogP contribution in [-0.4, -0.2) is 9.97 Å². The fourth-order valence-corrected chi connectivity index (χ4v) is 4.25. The van der Waals surface area contributed by atoms with Gasteiger partial charge in [-0.3, -0.25) is 0 Å². The molecule has 0 spiro atoms. The molecule has 3 rings (SSSR count). The van der Waals surface area contributed by atoms with Gasteiger partial charge in [0.05, 0.1) is 11.3 Å². The van der Waals surface area contributed by atoms with Gasteiger partial charge in [0, 0.05) is 16.8 Å². The summed E-state index contributed by atoms with van der Waals surface area (Å²) in [5.41, 5.74) is 4.73. The van der Waals surface area contributed by atoms with Crippen molar-refractivity contribution in [2.24, 2.45) is 0 Å². The van der Waals surface area contributed by atoms with E-state index < -0.39 is 0 Å². The van der Waals surface area contributed by atoms with E-state index in [-0.39, 0.29) is 0 Å². The maximum absolute atomic E-state index is 9.35. The zero-order chi connectivity index (χ0) is 18.5. The Labute approximate surface area is 161 Å². The molecule has 0 aliphatic heterocycles. The van der Waals surface area contributed by atoms with Crippen molar-refractivity contribution in [3.8, 4) is 11.8 Å². The van der Waals surface area contributed by atoms with Crippen molar-refractivity contribution in [3.63, 3.8) is 0 Å². The van der Waals surface area contributed by atoms with Crippen LogP contribution in [0.1, 0.15) is 33.1 Å². The van der Waals surface area contributed by atoms with E-state index in [4.69, 9.17) is 4.74 Å². The zero-order valence-corrected chi connectivity index (χ0v) is 16.6. The lowest BCUT2D eigenvalue weighted by atomic mass is 10.1. The molecular formula is C20H19N3OS2. The number of ether oxygens (including phenoxy) is 1. The van der Waals surface area contributed by atoms with Gasteiger partial charge in [0.25, 0.3) is 0 Å². The quantitative estimate of drug-likeness (QED) is 0.549. The molecule has 0 atom stereocenters. The van der Waals surface area contributed by atoms with Gasteiger partial charge in [-0.05, 0) is 44.5 Å². The zero-order valence-electron chi connectivity index (χ0n) is 14.9. The maximum atomic E-state index is 9.35. The van der Waals surface area contributed by atoms with Crippen LogP contribution in [0.3, 0.4) is 0 Å². The van der Waals surface area contributed by atoms with Gasteiger partial charge in [0.1, 0.15) is 28.5 Å². The van der Waals surface area contributed by atoms with Crippen LogP contribution < -0.4 is 4.74 Å². The maximum Gasteiger partial charge on any atom is 0.140 e. The molecule has 2 aromatic heterocycles. The molecule has 1 aromatic carbocycles. The van der Waals surface area contributed by atoms with Crippen LogP contribution in [0.4, 0.5) is 0 Å². The summed E-state index contributed by atoms with van der Waals surface area (Å²) in [7, 11) is 0. The third-order valence-corrected chi connectivity index (χ3v) is 5.64. The van der Waals surface area contributed by atoms with Crippen molar-refractivity contribution in [1.29, 1.82) is 5.26 Å². The average molecular weight is 382 g/mol. The first-order chi connectivity index (χ1) is 12.5. The summed E-state index contributed by atoms with van der Waals surface area (Å²) in [6.07, 6.45) is 0. The molecule has 3 aromatic rings. The van der Waals surface area contributed by atoms with Crippen LogP contribution in [0.25, 0.3) is 0 Å². The molecule has 2 heterocycles. The number of benzene rings is 1. The summed E-state index contributed by atoms with van der Waals surface area (Å²) >= 11 is 3.14. The van der Waals surface area contributed by atoms with Crippen molar-refractivity contribution in [3.05, 3.63) is 68.8 Å². The van der Waals surface area contributed by atoms with Crippen LogP contribution in [0.2, 0.25) is 0 Å². The van der Waals surface area contributed by atoms with Gasteiger partial charge >= 0.3 is 0 Å². The highest BCUT2D eigenvalue weighted by Gasteiger charge is 2.11. The number of nitrogens with zero attached hydrogens (tertiary/aromatic N) is 3. The molecule has 0 bridgehead atoms. The van der Waals surface area contributed by atoms with Gasteiger partial charge in [-0.25, -0.2) is 9.97 Å². The standard InChI is InChI=1S/C20H19N3OS2/c1-13-4-6-17(7-5-13)24-10-19-23-16(11-25-19)12-26-20-18(9-21)14(2)8-15(3)22-20/h4-8,11H,10,12H2,1-3H3. The second-order valence-corrected chi connectivity index (χ2v) is 7.90. The second-order valence-electron chi connectivity index (χ2n) is 6.00. The fraction of sp³-hybridized carbons (Fsp3) is 0.250. The normalized spacial score (nSPS) is 10.5. The predicted molar refractivity (Wildman–Crippen MR) is 106 cm³/mol. The van der Waals surface area contributed by atoms with Gasteiger partial charge in [-0.15, -0.1) is 11.3 Å². The van der Waals surface area contributed by atoms with E-state index >= 15 is 0 Å². The number of thioether (sulfide) groups is 1. The Morgan fingerprint density at radius 1 is 1.15 bits per heavy atom. The molecule has 0 radical (unpaired) electrons. The van der Waals surface area contributed by atoms with E-state index in [0.717, 1.165) is 32.7 Å². The number of aromatic nitrogens is 2. The molecule has 132 valence electrons. The molecule has 0 unspecified atom stereocenters. The summed E-state index contributed by atoms with van der Waals surface area (Å²) in [4.78, 5) is 9.12. The Morgan fingerprint density at radius 3 is 2.65 bits per heavy atom. The Kier molecular flexibility index (Phi) is 5.92. The van der Waals surface area contributed by atoms with E-state index in [9.17, 15) is 5.26 Å². The number of hydrogen-bond donors (Lipinski definition) is 0. The summed E-state index contributed by atoms with van der Waals surface area (Å²) in [5, 5.41) is 13.1. The predicted octanol–water partition coefficient (Wildman–Crippen LogP) is 5.21. The van der Waals surface area contributed by atoms with E-state index in [1.165, 1.54) is 5.56 Å². The smallest absolute Gasteiger partial charge is 0.140 e. The Balaban J connectivity index is 1.61. The van der Waals surface area contributed by atoms with E-state index in [1.54, 1.807) is 23.1 Å². The highest BCUT2D eigenvalue weighted by molar-refractivity contribution is 7.98. The molecule has 0 saturated carbocycles. The highest BCUT2D eigenvalue weighted by Crippen LogP contribution is 2.27. The molecule has 0 aliphatic carbocycles. The van der Waals surface area contributed by atoms with Crippen molar-refractivity contribution >= 4 is 23.1 Å². The van der Waals surface area contributed by atoms with Crippen LogP contribution in [0.15, 0.2) is 40.7 Å². The van der Waals surface area contributed by atoms with Gasteiger partial charge < -0.3 is 4.74 Å². The van der Waals surface area contributed by atoms with Gasteiger partial charge in [-0.1, -0.05) is 29.5 Å². The molecule has 0 saturated heterocycles. The molecule has 4 nitrogen and oxygen atoms in total. The minimum absolute atomic E-state index is 0.462. The Bertz CT molecular complexity index is 943. The average Bonchev–Trinajstić information content (AvgIpc) is 3.07. The molecule has 0 amide bonds. The molecule has 0 fully saturated rings. The number of hydrogen-bond acceptors (Lipinski definition) is 6. The minimum Gasteiger partial charge on any atom is -0.486 e. The van der Waals surface area contributed by atoms with Crippen LogP contribution in [-0.2, 0) is 12.4 Å².